The van der Waals surface area contributed by atoms with E-state index in [4.69, 9.17) is 0 Å². The maximum absolute atomic E-state index is 4.58. The summed E-state index contributed by atoms with van der Waals surface area (Å²) in [7, 11) is 3.81. The molecule has 0 fully saturated rings. The zero-order valence-electron chi connectivity index (χ0n) is 10.0. The molecule has 6 heteroatoms. The van der Waals surface area contributed by atoms with E-state index in [0.29, 0.717) is 5.82 Å². The van der Waals surface area contributed by atoms with Crippen LogP contribution < -0.4 is 5.32 Å². The molecule has 0 bridgehead atoms. The highest BCUT2D eigenvalue weighted by Gasteiger charge is 2.13. The van der Waals surface area contributed by atoms with E-state index >= 15 is 0 Å². The van der Waals surface area contributed by atoms with Crippen LogP contribution in [0, 0.1) is 3.57 Å². The largest absolute Gasteiger partial charge is 0.372 e. The fourth-order valence-corrected chi connectivity index (χ4v) is 2.47. The number of halogens is 1. The van der Waals surface area contributed by atoms with Crippen molar-refractivity contribution in [2.45, 2.75) is 13.3 Å². The van der Waals surface area contributed by atoms with Crippen LogP contribution in [0.3, 0.4) is 0 Å². The number of anilines is 1. The third kappa shape index (κ3) is 2.26. The summed E-state index contributed by atoms with van der Waals surface area (Å²) in [5, 5.41) is 3.10. The van der Waals surface area contributed by atoms with Gasteiger partial charge < -0.3 is 9.88 Å². The van der Waals surface area contributed by atoms with Crippen LogP contribution >= 0.6 is 22.6 Å². The molecule has 0 aliphatic carbocycles. The summed E-state index contributed by atoms with van der Waals surface area (Å²) in [6.45, 7) is 2.09. The van der Waals surface area contributed by atoms with E-state index < -0.39 is 0 Å². The van der Waals surface area contributed by atoms with Gasteiger partial charge in [0.2, 0.25) is 0 Å². The summed E-state index contributed by atoms with van der Waals surface area (Å²) in [6.07, 6.45) is 4.42. The molecular formula is C11H14IN5. The van der Waals surface area contributed by atoms with Gasteiger partial charge >= 0.3 is 0 Å². The summed E-state index contributed by atoms with van der Waals surface area (Å²) in [5.41, 5.74) is 1.98. The van der Waals surface area contributed by atoms with Gasteiger partial charge in [-0.1, -0.05) is 6.92 Å². The van der Waals surface area contributed by atoms with Crippen molar-refractivity contribution in [2.75, 3.05) is 12.4 Å². The Bertz CT molecular complexity index is 509. The molecule has 0 atom stereocenters. The van der Waals surface area contributed by atoms with Crippen LogP contribution in [-0.2, 0) is 13.5 Å². The molecule has 5 nitrogen and oxygen atoms in total. The minimum Gasteiger partial charge on any atom is -0.372 e. The highest BCUT2D eigenvalue weighted by atomic mass is 127. The fraction of sp³-hybridized carbons (Fsp3) is 0.364. The molecule has 0 aliphatic heterocycles. The maximum atomic E-state index is 4.58. The predicted octanol–water partition coefficient (Wildman–Crippen LogP) is 2.09. The van der Waals surface area contributed by atoms with E-state index in [1.807, 2.05) is 18.7 Å². The first-order valence-electron chi connectivity index (χ1n) is 5.38. The highest BCUT2D eigenvalue weighted by molar-refractivity contribution is 14.1. The molecule has 2 rings (SSSR count). The summed E-state index contributed by atoms with van der Waals surface area (Å²) in [4.78, 5) is 13.2. The van der Waals surface area contributed by atoms with Crippen LogP contribution in [0.5, 0.6) is 0 Å². The Morgan fingerprint density at radius 2 is 2.18 bits per heavy atom. The average molecular weight is 343 g/mol. The van der Waals surface area contributed by atoms with Gasteiger partial charge in [0.15, 0.2) is 5.82 Å². The molecule has 2 heterocycles. The van der Waals surface area contributed by atoms with Crippen LogP contribution in [0.1, 0.15) is 12.6 Å². The maximum Gasteiger partial charge on any atom is 0.180 e. The van der Waals surface area contributed by atoms with Gasteiger partial charge in [-0.15, -0.1) is 0 Å². The minimum absolute atomic E-state index is 0.714. The van der Waals surface area contributed by atoms with Crippen LogP contribution in [0.4, 0.5) is 5.82 Å². The van der Waals surface area contributed by atoms with E-state index in [2.05, 4.69) is 49.8 Å². The molecule has 0 aromatic carbocycles. The fourth-order valence-electron chi connectivity index (χ4n) is 1.58. The van der Waals surface area contributed by atoms with Crippen molar-refractivity contribution >= 4 is 28.4 Å². The standard InChI is InChI=1S/C11H14IN5/c1-4-7-9(12)11(13-2)16-10(15-7)8-5-14-6-17(8)3/h5-6H,4H2,1-3H3,(H,13,15,16). The lowest BCUT2D eigenvalue weighted by atomic mass is 10.3. The van der Waals surface area contributed by atoms with Crippen molar-refractivity contribution in [3.8, 4) is 11.5 Å². The Morgan fingerprint density at radius 1 is 1.41 bits per heavy atom. The number of aromatic nitrogens is 4. The van der Waals surface area contributed by atoms with Crippen LogP contribution in [0.25, 0.3) is 11.5 Å². The lowest BCUT2D eigenvalue weighted by Crippen LogP contribution is -2.06. The normalized spacial score (nSPS) is 10.6. The Kier molecular flexibility index (Phi) is 3.60. The zero-order valence-corrected chi connectivity index (χ0v) is 12.2. The van der Waals surface area contributed by atoms with Gasteiger partial charge in [0, 0.05) is 14.1 Å². The molecule has 0 unspecified atom stereocenters. The Balaban J connectivity index is 2.60. The SMILES string of the molecule is CCc1nc(-c2cncn2C)nc(NC)c1I. The Hall–Kier alpha value is -1.18. The van der Waals surface area contributed by atoms with E-state index in [9.17, 15) is 0 Å². The quantitative estimate of drug-likeness (QED) is 0.867. The van der Waals surface area contributed by atoms with E-state index in [1.54, 1.807) is 12.5 Å². The van der Waals surface area contributed by atoms with Crippen LogP contribution in [0.15, 0.2) is 12.5 Å². The second kappa shape index (κ2) is 4.99. The van der Waals surface area contributed by atoms with E-state index in [-0.39, 0.29) is 0 Å². The highest BCUT2D eigenvalue weighted by Crippen LogP contribution is 2.23. The number of nitrogens with zero attached hydrogens (tertiary/aromatic N) is 4. The Labute approximate surface area is 114 Å². The number of imidazole rings is 1. The van der Waals surface area contributed by atoms with Crippen molar-refractivity contribution < 1.29 is 0 Å². The molecule has 2 aromatic heterocycles. The first kappa shape index (κ1) is 12.3. The summed E-state index contributed by atoms with van der Waals surface area (Å²) >= 11 is 2.27. The molecule has 0 aliphatic rings. The van der Waals surface area contributed by atoms with Gasteiger partial charge in [-0.3, -0.25) is 0 Å². The van der Waals surface area contributed by atoms with Gasteiger partial charge in [-0.05, 0) is 29.0 Å². The number of aryl methyl sites for hydroxylation is 2. The van der Waals surface area contributed by atoms with Gasteiger partial charge in [0.1, 0.15) is 11.5 Å². The first-order chi connectivity index (χ1) is 8.17. The third-order valence-corrected chi connectivity index (χ3v) is 3.67. The van der Waals surface area contributed by atoms with Gasteiger partial charge in [-0.2, -0.15) is 0 Å². The molecule has 1 N–H and O–H groups in total. The van der Waals surface area contributed by atoms with Crippen molar-refractivity contribution in [1.82, 2.24) is 19.5 Å². The zero-order chi connectivity index (χ0) is 12.4. The lowest BCUT2D eigenvalue weighted by molar-refractivity contribution is 0.898. The number of hydrogen-bond donors (Lipinski definition) is 1. The summed E-state index contributed by atoms with van der Waals surface area (Å²) in [5.74, 6) is 1.58. The number of hydrogen-bond acceptors (Lipinski definition) is 4. The van der Waals surface area contributed by atoms with Crippen LogP contribution in [-0.4, -0.2) is 26.6 Å². The van der Waals surface area contributed by atoms with Crippen molar-refractivity contribution in [2.24, 2.45) is 7.05 Å². The lowest BCUT2D eigenvalue weighted by Gasteiger charge is -2.10. The summed E-state index contributed by atoms with van der Waals surface area (Å²) < 4.78 is 3.00. The second-order valence-corrected chi connectivity index (χ2v) is 4.73. The Morgan fingerprint density at radius 3 is 2.71 bits per heavy atom. The molecule has 90 valence electrons. The smallest absolute Gasteiger partial charge is 0.180 e. The van der Waals surface area contributed by atoms with Crippen molar-refractivity contribution in [3.05, 3.63) is 21.8 Å². The number of nitrogens with one attached hydrogen (secondary N) is 1. The first-order valence-corrected chi connectivity index (χ1v) is 6.46. The molecule has 0 spiro atoms. The monoisotopic (exact) mass is 343 g/mol. The molecule has 2 aromatic rings. The van der Waals surface area contributed by atoms with Crippen LogP contribution in [0.2, 0.25) is 0 Å². The molecule has 0 amide bonds. The predicted molar refractivity (Wildman–Crippen MR) is 75.9 cm³/mol. The minimum atomic E-state index is 0.714. The molecule has 17 heavy (non-hydrogen) atoms. The van der Waals surface area contributed by atoms with Gasteiger partial charge in [0.25, 0.3) is 0 Å². The summed E-state index contributed by atoms with van der Waals surface area (Å²) in [6, 6.07) is 0. The third-order valence-electron chi connectivity index (χ3n) is 2.54. The molecule has 0 saturated carbocycles. The van der Waals surface area contributed by atoms with E-state index in [0.717, 1.165) is 27.2 Å². The van der Waals surface area contributed by atoms with Gasteiger partial charge in [0.05, 0.1) is 21.8 Å². The molecular weight excluding hydrogens is 329 g/mol. The van der Waals surface area contributed by atoms with E-state index in [1.165, 1.54) is 0 Å². The average Bonchev–Trinajstić information content (AvgIpc) is 2.76. The number of rotatable bonds is 3. The van der Waals surface area contributed by atoms with Gasteiger partial charge in [-0.25, -0.2) is 15.0 Å². The van der Waals surface area contributed by atoms with Crippen molar-refractivity contribution in [3.63, 3.8) is 0 Å². The molecule has 0 radical (unpaired) electrons. The van der Waals surface area contributed by atoms with Crippen molar-refractivity contribution in [1.29, 1.82) is 0 Å². The molecule has 0 saturated heterocycles. The topological polar surface area (TPSA) is 55.6 Å². The second-order valence-electron chi connectivity index (χ2n) is 3.65.